The Labute approximate surface area is 115 Å². The number of ether oxygens (including phenoxy) is 1. The normalized spacial score (nSPS) is 16.0. The van der Waals surface area contributed by atoms with Crippen molar-refractivity contribution >= 4 is 38.6 Å². The van der Waals surface area contributed by atoms with Crippen molar-refractivity contribution in [3.8, 4) is 0 Å². The van der Waals surface area contributed by atoms with Crippen molar-refractivity contribution in [2.45, 2.75) is 11.8 Å². The van der Waals surface area contributed by atoms with Crippen LogP contribution in [0.2, 0.25) is 0 Å². The van der Waals surface area contributed by atoms with Gasteiger partial charge in [0, 0.05) is 0 Å². The zero-order valence-electron chi connectivity index (χ0n) is 10.3. The summed E-state index contributed by atoms with van der Waals surface area (Å²) in [7, 11) is -2.44. The number of anilines is 1. The van der Waals surface area contributed by atoms with Gasteiger partial charge in [0.15, 0.2) is 5.17 Å². The minimum absolute atomic E-state index is 0.000944. The molecule has 1 aliphatic heterocycles. The fraction of sp³-hybridized carbons (Fsp3) is 0.273. The molecule has 0 bridgehead atoms. The van der Waals surface area contributed by atoms with E-state index in [1.165, 1.54) is 7.11 Å². The van der Waals surface area contributed by atoms with E-state index >= 15 is 0 Å². The summed E-state index contributed by atoms with van der Waals surface area (Å²) in [5.74, 6) is -0.444. The van der Waals surface area contributed by atoms with Crippen molar-refractivity contribution in [2.24, 2.45) is 4.40 Å². The molecule has 6 nitrogen and oxygen atoms in total. The Morgan fingerprint density at radius 1 is 1.47 bits per heavy atom. The van der Waals surface area contributed by atoms with Gasteiger partial charge in [0.2, 0.25) is 0 Å². The first-order valence-corrected chi connectivity index (χ1v) is 7.77. The molecule has 0 fully saturated rings. The zero-order valence-corrected chi connectivity index (χ0v) is 12.0. The first-order chi connectivity index (χ1) is 8.92. The van der Waals surface area contributed by atoms with E-state index in [2.05, 4.69) is 14.5 Å². The Hall–Kier alpha value is -1.54. The summed E-state index contributed by atoms with van der Waals surface area (Å²) in [6.45, 7) is 1.81. The second kappa shape index (κ2) is 5.22. The maximum absolute atomic E-state index is 12.0. The van der Waals surface area contributed by atoms with Gasteiger partial charge in [0.05, 0.1) is 18.6 Å². The second-order valence-corrected chi connectivity index (χ2v) is 6.40. The molecule has 0 aliphatic carbocycles. The molecule has 1 N–H and O–H groups in total. The van der Waals surface area contributed by atoms with Crippen LogP contribution in [0.25, 0.3) is 0 Å². The highest BCUT2D eigenvalue weighted by atomic mass is 32.2. The summed E-state index contributed by atoms with van der Waals surface area (Å²) in [4.78, 5) is 11.2. The van der Waals surface area contributed by atoms with Crippen LogP contribution >= 0.6 is 11.8 Å². The minimum Gasteiger partial charge on any atom is -0.468 e. The maximum atomic E-state index is 12.0. The molecule has 0 spiro atoms. The lowest BCUT2D eigenvalue weighted by Gasteiger charge is -2.17. The predicted molar refractivity (Wildman–Crippen MR) is 73.9 cm³/mol. The van der Waals surface area contributed by atoms with Crippen molar-refractivity contribution in [3.05, 3.63) is 23.8 Å². The fourth-order valence-corrected chi connectivity index (χ4v) is 3.65. The molecule has 0 amide bonds. The molecule has 8 heteroatoms. The number of thioether (sulfide) groups is 1. The molecule has 1 aromatic rings. The molecule has 0 saturated carbocycles. The van der Waals surface area contributed by atoms with E-state index in [1.54, 1.807) is 25.1 Å². The van der Waals surface area contributed by atoms with Crippen LogP contribution in [0.3, 0.4) is 0 Å². The van der Waals surface area contributed by atoms with Gasteiger partial charge in [0.1, 0.15) is 4.90 Å². The average molecular weight is 300 g/mol. The number of benzene rings is 1. The van der Waals surface area contributed by atoms with Crippen LogP contribution in [-0.4, -0.2) is 32.4 Å². The number of carbonyl (C=O) groups is 1. The van der Waals surface area contributed by atoms with Crippen molar-refractivity contribution in [1.82, 2.24) is 0 Å². The summed E-state index contributed by atoms with van der Waals surface area (Å²) >= 11 is 0.985. The number of hydrogen-bond acceptors (Lipinski definition) is 6. The largest absolute Gasteiger partial charge is 0.468 e. The lowest BCUT2D eigenvalue weighted by Crippen LogP contribution is -2.20. The van der Waals surface area contributed by atoms with Gasteiger partial charge in [-0.2, -0.15) is 8.42 Å². The molecule has 19 heavy (non-hydrogen) atoms. The molecular formula is C11H12N2O4S2. The van der Waals surface area contributed by atoms with Gasteiger partial charge in [-0.1, -0.05) is 17.8 Å². The summed E-state index contributed by atoms with van der Waals surface area (Å²) in [6, 6.07) is 5.04. The standard InChI is InChI=1S/C11H12N2O4S2/c1-7-3-4-8-9(5-7)19(15,16)13-11(12-8)18-6-10(14)17-2/h3-5H,6H2,1-2H3,(H,12,13). The summed E-state index contributed by atoms with van der Waals surface area (Å²) in [5, 5.41) is 3.05. The molecule has 0 unspecified atom stereocenters. The van der Waals surface area contributed by atoms with E-state index in [0.29, 0.717) is 5.69 Å². The lowest BCUT2D eigenvalue weighted by atomic mass is 10.2. The van der Waals surface area contributed by atoms with Crippen LogP contribution in [0.1, 0.15) is 5.56 Å². The van der Waals surface area contributed by atoms with E-state index in [9.17, 15) is 13.2 Å². The van der Waals surface area contributed by atoms with Crippen molar-refractivity contribution in [3.63, 3.8) is 0 Å². The third-order valence-electron chi connectivity index (χ3n) is 2.41. The van der Waals surface area contributed by atoms with Gasteiger partial charge in [-0.05, 0) is 24.6 Å². The SMILES string of the molecule is COC(=O)CSC1=NS(=O)(=O)c2cc(C)ccc2N1. The second-order valence-electron chi connectivity index (χ2n) is 3.86. The Bertz CT molecular complexity index is 653. The molecule has 0 aromatic heterocycles. The van der Waals surface area contributed by atoms with Gasteiger partial charge in [-0.3, -0.25) is 4.79 Å². The summed E-state index contributed by atoms with van der Waals surface area (Å²) in [5.41, 5.74) is 1.30. The molecule has 2 rings (SSSR count). The van der Waals surface area contributed by atoms with E-state index in [0.717, 1.165) is 17.3 Å². The first-order valence-electron chi connectivity index (χ1n) is 5.34. The zero-order chi connectivity index (χ0) is 14.0. The number of esters is 1. The monoisotopic (exact) mass is 300 g/mol. The molecular weight excluding hydrogens is 288 g/mol. The number of methoxy groups -OCH3 is 1. The van der Waals surface area contributed by atoms with Crippen LogP contribution in [0.15, 0.2) is 27.5 Å². The van der Waals surface area contributed by atoms with Gasteiger partial charge in [-0.15, -0.1) is 4.40 Å². The Morgan fingerprint density at radius 3 is 2.89 bits per heavy atom. The van der Waals surface area contributed by atoms with E-state index in [-0.39, 0.29) is 15.8 Å². The lowest BCUT2D eigenvalue weighted by molar-refractivity contribution is -0.137. The third-order valence-corrected chi connectivity index (χ3v) is 4.69. The smallest absolute Gasteiger partial charge is 0.316 e. The Morgan fingerprint density at radius 2 is 2.21 bits per heavy atom. The maximum Gasteiger partial charge on any atom is 0.316 e. The molecule has 1 aromatic carbocycles. The molecule has 102 valence electrons. The average Bonchev–Trinajstić information content (AvgIpc) is 2.36. The highest BCUT2D eigenvalue weighted by molar-refractivity contribution is 8.15. The minimum atomic E-state index is -3.72. The summed E-state index contributed by atoms with van der Waals surface area (Å²) in [6.07, 6.45) is 0. The third kappa shape index (κ3) is 3.07. The number of amidine groups is 1. The number of fused-ring (bicyclic) bond motifs is 1. The molecule has 0 radical (unpaired) electrons. The van der Waals surface area contributed by atoms with Crippen molar-refractivity contribution in [2.75, 3.05) is 18.2 Å². The highest BCUT2D eigenvalue weighted by Gasteiger charge is 2.25. The predicted octanol–water partition coefficient (Wildman–Crippen LogP) is 1.37. The van der Waals surface area contributed by atoms with Gasteiger partial charge in [-0.25, -0.2) is 0 Å². The fourth-order valence-electron chi connectivity index (χ4n) is 1.49. The van der Waals surface area contributed by atoms with Crippen LogP contribution < -0.4 is 5.32 Å². The van der Waals surface area contributed by atoms with Crippen LogP contribution in [0.5, 0.6) is 0 Å². The number of hydrogen-bond donors (Lipinski definition) is 1. The van der Waals surface area contributed by atoms with Crippen molar-refractivity contribution in [1.29, 1.82) is 0 Å². The highest BCUT2D eigenvalue weighted by Crippen LogP contribution is 2.30. The number of aryl methyl sites for hydroxylation is 1. The number of sulfonamides is 1. The van der Waals surface area contributed by atoms with Crippen LogP contribution in [0.4, 0.5) is 5.69 Å². The Kier molecular flexibility index (Phi) is 3.81. The number of nitrogens with one attached hydrogen (secondary N) is 1. The van der Waals surface area contributed by atoms with Gasteiger partial charge >= 0.3 is 5.97 Å². The number of rotatable bonds is 2. The number of nitrogens with zero attached hydrogens (tertiary/aromatic N) is 1. The Balaban J connectivity index is 2.27. The topological polar surface area (TPSA) is 84.8 Å². The van der Waals surface area contributed by atoms with E-state index in [4.69, 9.17) is 0 Å². The van der Waals surface area contributed by atoms with Gasteiger partial charge < -0.3 is 10.1 Å². The van der Waals surface area contributed by atoms with Crippen molar-refractivity contribution < 1.29 is 17.9 Å². The van der Waals surface area contributed by atoms with Crippen LogP contribution in [0, 0.1) is 6.92 Å². The molecule has 1 heterocycles. The molecule has 0 saturated heterocycles. The van der Waals surface area contributed by atoms with Gasteiger partial charge in [0.25, 0.3) is 10.0 Å². The van der Waals surface area contributed by atoms with E-state index in [1.807, 2.05) is 0 Å². The first kappa shape index (κ1) is 13.9. The summed E-state index contributed by atoms with van der Waals surface area (Å²) < 4.78 is 32.1. The molecule has 1 aliphatic rings. The molecule has 0 atom stereocenters. The quantitative estimate of drug-likeness (QED) is 0.830. The van der Waals surface area contributed by atoms with E-state index < -0.39 is 16.0 Å². The number of carbonyl (C=O) groups excluding carboxylic acids is 1. The van der Waals surface area contributed by atoms with Crippen LogP contribution in [-0.2, 0) is 19.6 Å².